The molecule has 3 aromatic carbocycles. The van der Waals surface area contributed by atoms with Crippen molar-refractivity contribution in [1.82, 2.24) is 14.3 Å². The van der Waals surface area contributed by atoms with Crippen molar-refractivity contribution < 1.29 is 27.1 Å². The third kappa shape index (κ3) is 7.24. The Balaban J connectivity index is 1.71. The highest BCUT2D eigenvalue weighted by molar-refractivity contribution is 7.98. The number of rotatable bonds is 10. The van der Waals surface area contributed by atoms with Gasteiger partial charge in [-0.15, -0.1) is 0 Å². The van der Waals surface area contributed by atoms with Gasteiger partial charge >= 0.3 is 6.09 Å². The first-order valence-corrected chi connectivity index (χ1v) is 16.4. The van der Waals surface area contributed by atoms with Crippen molar-refractivity contribution in [3.05, 3.63) is 98.5 Å². The molecular formula is C29H27Cl3FN3O5S2. The SMILES string of the molecule is CCOC(=O)NS(=O)(=O)c1ccc(CSc2ncc(C(C)(C)c3ccc(Cl)c(Cl)c3)n2-c2ccc(F)c(OC)c2)c(Cl)c1. The van der Waals surface area contributed by atoms with Crippen molar-refractivity contribution in [3.63, 3.8) is 0 Å². The second-order valence-corrected chi connectivity index (χ2v) is 13.5. The molecule has 0 saturated heterocycles. The molecule has 43 heavy (non-hydrogen) atoms. The van der Waals surface area contributed by atoms with Crippen LogP contribution in [0.25, 0.3) is 5.69 Å². The molecule has 8 nitrogen and oxygen atoms in total. The molecule has 14 heteroatoms. The Hall–Kier alpha value is -2.96. The van der Waals surface area contributed by atoms with E-state index in [2.05, 4.69) is 9.72 Å². The number of benzene rings is 3. The number of carbonyl (C=O) groups is 1. The highest BCUT2D eigenvalue weighted by Gasteiger charge is 2.30. The lowest BCUT2D eigenvalue weighted by Crippen LogP contribution is -2.31. The molecule has 4 rings (SSSR count). The maximum absolute atomic E-state index is 14.4. The minimum absolute atomic E-state index is 0.0189. The van der Waals surface area contributed by atoms with E-state index in [0.717, 1.165) is 11.3 Å². The summed E-state index contributed by atoms with van der Waals surface area (Å²) in [6, 6.07) is 14.1. The predicted octanol–water partition coefficient (Wildman–Crippen LogP) is 8.03. The van der Waals surface area contributed by atoms with Crippen LogP contribution in [0.15, 0.2) is 70.8 Å². The van der Waals surface area contributed by atoms with Gasteiger partial charge < -0.3 is 9.47 Å². The van der Waals surface area contributed by atoms with E-state index in [1.54, 1.807) is 43.5 Å². The molecule has 1 amide bonds. The number of thioether (sulfide) groups is 1. The summed E-state index contributed by atoms with van der Waals surface area (Å²) in [4.78, 5) is 16.1. The first-order chi connectivity index (χ1) is 20.3. The monoisotopic (exact) mass is 685 g/mol. The molecule has 0 bridgehead atoms. The standard InChI is InChI=1S/C29H27Cl3FN3O5S2/c1-5-41-28(37)35-43(38,39)20-9-6-17(22(31)14-20)16-42-27-34-15-26(29(2,3)18-7-10-21(30)23(32)12-18)36(27)19-8-11-24(33)25(13-19)40-4/h6-15H,5,16H2,1-4H3,(H,35,37). The zero-order valence-electron chi connectivity index (χ0n) is 23.5. The first-order valence-electron chi connectivity index (χ1n) is 12.8. The maximum atomic E-state index is 14.4. The number of carbonyl (C=O) groups excluding carboxylic acids is 1. The van der Waals surface area contributed by atoms with Gasteiger partial charge in [0.1, 0.15) is 0 Å². The zero-order valence-corrected chi connectivity index (χ0v) is 27.4. The van der Waals surface area contributed by atoms with Crippen molar-refractivity contribution in [2.45, 2.75) is 42.0 Å². The normalized spacial score (nSPS) is 11.8. The highest BCUT2D eigenvalue weighted by Crippen LogP contribution is 2.39. The van der Waals surface area contributed by atoms with Gasteiger partial charge in [0.25, 0.3) is 10.0 Å². The number of hydrogen-bond acceptors (Lipinski definition) is 7. The van der Waals surface area contributed by atoms with Crippen LogP contribution in [0.2, 0.25) is 15.1 Å². The highest BCUT2D eigenvalue weighted by atomic mass is 35.5. The molecular weight excluding hydrogens is 660 g/mol. The van der Waals surface area contributed by atoms with E-state index in [1.165, 1.54) is 37.1 Å². The van der Waals surface area contributed by atoms with Crippen molar-refractivity contribution in [2.75, 3.05) is 13.7 Å². The number of methoxy groups -OCH3 is 1. The summed E-state index contributed by atoms with van der Waals surface area (Å²) < 4.78 is 53.1. The van der Waals surface area contributed by atoms with E-state index in [-0.39, 0.29) is 22.3 Å². The molecule has 0 fully saturated rings. The summed E-state index contributed by atoms with van der Waals surface area (Å²) in [5.41, 5.74) is 2.27. The molecule has 0 aliphatic rings. The minimum Gasteiger partial charge on any atom is -0.494 e. The number of amides is 1. The Morgan fingerprint density at radius 3 is 2.44 bits per heavy atom. The Morgan fingerprint density at radius 1 is 1.05 bits per heavy atom. The molecule has 0 unspecified atom stereocenters. The van der Waals surface area contributed by atoms with E-state index < -0.39 is 27.3 Å². The van der Waals surface area contributed by atoms with Crippen molar-refractivity contribution in [1.29, 1.82) is 0 Å². The molecule has 0 radical (unpaired) electrons. The van der Waals surface area contributed by atoms with Gasteiger partial charge in [0.05, 0.1) is 46.2 Å². The average Bonchev–Trinajstić information content (AvgIpc) is 3.38. The minimum atomic E-state index is -4.18. The van der Waals surface area contributed by atoms with E-state index in [0.29, 0.717) is 32.2 Å². The molecule has 1 aromatic heterocycles. The van der Waals surface area contributed by atoms with E-state index >= 15 is 0 Å². The second-order valence-electron chi connectivity index (χ2n) is 9.70. The van der Waals surface area contributed by atoms with Crippen molar-refractivity contribution >= 4 is 62.7 Å². The van der Waals surface area contributed by atoms with Crippen LogP contribution < -0.4 is 9.46 Å². The van der Waals surface area contributed by atoms with Crippen LogP contribution in [-0.4, -0.2) is 37.8 Å². The Morgan fingerprint density at radius 2 is 1.79 bits per heavy atom. The summed E-state index contributed by atoms with van der Waals surface area (Å²) >= 11 is 20.3. The smallest absolute Gasteiger partial charge is 0.421 e. The summed E-state index contributed by atoms with van der Waals surface area (Å²) in [5.74, 6) is -0.131. The van der Waals surface area contributed by atoms with Gasteiger partial charge in [0.2, 0.25) is 0 Å². The number of nitrogens with one attached hydrogen (secondary N) is 1. The fourth-order valence-electron chi connectivity index (χ4n) is 4.23. The lowest BCUT2D eigenvalue weighted by Gasteiger charge is -2.28. The van der Waals surface area contributed by atoms with Gasteiger partial charge in [0, 0.05) is 22.3 Å². The number of ether oxygens (including phenoxy) is 2. The molecule has 1 N–H and O–H groups in total. The third-order valence-corrected chi connectivity index (χ3v) is 9.99. The van der Waals surface area contributed by atoms with Crippen LogP contribution in [0.5, 0.6) is 5.75 Å². The maximum Gasteiger partial charge on any atom is 0.421 e. The summed E-state index contributed by atoms with van der Waals surface area (Å²) in [6.07, 6.45) is 0.654. The summed E-state index contributed by atoms with van der Waals surface area (Å²) in [7, 11) is -2.79. The number of nitrogens with zero attached hydrogens (tertiary/aromatic N) is 2. The second kappa shape index (κ2) is 13.4. The van der Waals surface area contributed by atoms with Gasteiger partial charge in [-0.2, -0.15) is 0 Å². The Bertz CT molecular complexity index is 1780. The lowest BCUT2D eigenvalue weighted by molar-refractivity contribution is 0.158. The lowest BCUT2D eigenvalue weighted by atomic mass is 9.81. The fraction of sp³-hybridized carbons (Fsp3) is 0.241. The average molecular weight is 687 g/mol. The van der Waals surface area contributed by atoms with Gasteiger partial charge in [-0.3, -0.25) is 4.57 Å². The molecule has 0 spiro atoms. The van der Waals surface area contributed by atoms with Crippen molar-refractivity contribution in [3.8, 4) is 11.4 Å². The number of aromatic nitrogens is 2. The summed E-state index contributed by atoms with van der Waals surface area (Å²) in [6.45, 7) is 5.60. The fourth-order valence-corrected chi connectivity index (χ4v) is 6.83. The summed E-state index contributed by atoms with van der Waals surface area (Å²) in [5, 5.41) is 1.58. The van der Waals surface area contributed by atoms with Gasteiger partial charge in [-0.1, -0.05) is 72.5 Å². The van der Waals surface area contributed by atoms with Crippen LogP contribution in [0.1, 0.15) is 37.6 Å². The molecule has 1 heterocycles. The van der Waals surface area contributed by atoms with Crippen LogP contribution in [0.3, 0.4) is 0 Å². The number of imidazole rings is 1. The Kier molecular flexibility index (Phi) is 10.2. The molecule has 4 aromatic rings. The van der Waals surface area contributed by atoms with E-state index in [4.69, 9.17) is 39.5 Å². The Labute approximate surface area is 268 Å². The third-order valence-electron chi connectivity index (χ3n) is 6.59. The van der Waals surface area contributed by atoms with Gasteiger partial charge in [-0.25, -0.2) is 27.3 Å². The molecule has 0 aliphatic heterocycles. The van der Waals surface area contributed by atoms with Crippen LogP contribution >= 0.6 is 46.6 Å². The topological polar surface area (TPSA) is 99.5 Å². The largest absolute Gasteiger partial charge is 0.494 e. The van der Waals surface area contributed by atoms with Gasteiger partial charge in [0.15, 0.2) is 16.7 Å². The number of sulfonamides is 1. The zero-order chi connectivity index (χ0) is 31.5. The number of hydrogen-bond donors (Lipinski definition) is 1. The molecule has 0 atom stereocenters. The molecule has 0 aliphatic carbocycles. The number of halogens is 4. The van der Waals surface area contributed by atoms with Gasteiger partial charge in [-0.05, 0) is 54.4 Å². The van der Waals surface area contributed by atoms with Crippen LogP contribution in [0.4, 0.5) is 9.18 Å². The van der Waals surface area contributed by atoms with Crippen LogP contribution in [0, 0.1) is 5.82 Å². The van der Waals surface area contributed by atoms with Crippen molar-refractivity contribution in [2.24, 2.45) is 0 Å². The first kappa shape index (κ1) is 32.9. The van der Waals surface area contributed by atoms with E-state index in [9.17, 15) is 17.6 Å². The van der Waals surface area contributed by atoms with Crippen LogP contribution in [-0.2, 0) is 25.9 Å². The van der Waals surface area contributed by atoms with E-state index in [1.807, 2.05) is 29.2 Å². The molecule has 0 saturated carbocycles. The quantitative estimate of drug-likeness (QED) is 0.169. The predicted molar refractivity (Wildman–Crippen MR) is 167 cm³/mol. The molecule has 228 valence electrons.